The van der Waals surface area contributed by atoms with Gasteiger partial charge in [0.15, 0.2) is 0 Å². The van der Waals surface area contributed by atoms with Gasteiger partial charge in [-0.2, -0.15) is 8.78 Å². The van der Waals surface area contributed by atoms with Crippen molar-refractivity contribution < 1.29 is 28.0 Å². The molecule has 34 heavy (non-hydrogen) atoms. The Kier molecular flexibility index (Phi) is 6.24. The molecule has 174 valence electrons. The number of carbonyl (C=O) groups excluding carboxylic acids is 4. The first-order valence-corrected chi connectivity index (χ1v) is 11.0. The monoisotopic (exact) mass is 485 g/mol. The number of rotatable bonds is 5. The van der Waals surface area contributed by atoms with E-state index >= 15 is 0 Å². The van der Waals surface area contributed by atoms with Gasteiger partial charge in [-0.3, -0.25) is 19.2 Å². The van der Waals surface area contributed by atoms with Gasteiger partial charge in [0.2, 0.25) is 19.8 Å². The lowest BCUT2D eigenvalue weighted by molar-refractivity contribution is -0.147. The van der Waals surface area contributed by atoms with Crippen LogP contribution in [0.1, 0.15) is 33.5 Å². The lowest BCUT2D eigenvalue weighted by atomic mass is 9.73. The fourth-order valence-corrected chi connectivity index (χ4v) is 4.47. The van der Waals surface area contributed by atoms with Crippen molar-refractivity contribution in [3.05, 3.63) is 69.7 Å². The van der Waals surface area contributed by atoms with E-state index in [0.29, 0.717) is 16.7 Å². The minimum absolute atomic E-state index is 0.152. The normalized spacial score (nSPS) is 20.5. The minimum atomic E-state index is -3.74. The molecule has 2 unspecified atom stereocenters. The van der Waals surface area contributed by atoms with Crippen molar-refractivity contribution in [1.29, 1.82) is 0 Å². The van der Waals surface area contributed by atoms with E-state index < -0.39 is 29.3 Å². The molecule has 2 heterocycles. The maximum atomic E-state index is 14.5. The predicted molar refractivity (Wildman–Crippen MR) is 125 cm³/mol. The number of piperidine rings is 1. The van der Waals surface area contributed by atoms with Crippen LogP contribution in [0, 0.1) is 0 Å². The number of carbonyl (C=O) groups is 4. The first kappa shape index (κ1) is 23.9. The molecule has 0 radical (unpaired) electrons. The average molecular weight is 485 g/mol. The van der Waals surface area contributed by atoms with Gasteiger partial charge in [-0.15, -0.1) is 0 Å². The van der Waals surface area contributed by atoms with Crippen molar-refractivity contribution in [3.63, 3.8) is 0 Å². The summed E-state index contributed by atoms with van der Waals surface area (Å²) in [7, 11) is 3.16. The number of hydrogen-bond acceptors (Lipinski definition) is 4. The molecule has 4 rings (SSSR count). The summed E-state index contributed by atoms with van der Waals surface area (Å²) in [5.74, 6) is -6.57. The molecule has 7 nitrogen and oxygen atoms in total. The van der Waals surface area contributed by atoms with Crippen LogP contribution in [0.4, 0.5) is 8.78 Å². The smallest absolute Gasteiger partial charge is 0.346 e. The van der Waals surface area contributed by atoms with Crippen molar-refractivity contribution in [1.82, 2.24) is 15.0 Å². The number of nitrogens with one attached hydrogen (secondary N) is 1. The first-order chi connectivity index (χ1) is 16.0. The van der Waals surface area contributed by atoms with Crippen molar-refractivity contribution in [2.24, 2.45) is 0 Å². The lowest BCUT2D eigenvalue weighted by Gasteiger charge is -2.38. The Morgan fingerprint density at radius 3 is 2.50 bits per heavy atom. The van der Waals surface area contributed by atoms with Gasteiger partial charge in [-0.05, 0) is 35.1 Å². The van der Waals surface area contributed by atoms with Crippen LogP contribution in [-0.4, -0.2) is 55.2 Å². The number of halogens is 3. The molecule has 1 saturated heterocycles. The number of alkyl halides is 2. The van der Waals surface area contributed by atoms with Gasteiger partial charge >= 0.3 is 5.92 Å². The second-order valence-corrected chi connectivity index (χ2v) is 9.04. The van der Waals surface area contributed by atoms with Crippen LogP contribution >= 0.6 is 11.6 Å². The Bertz CT molecular complexity index is 1200. The topological polar surface area (TPSA) is 86.8 Å². The molecule has 12 heteroatoms. The number of hydrogen-bond donors (Lipinski definition) is 1. The average Bonchev–Trinajstić information content (AvgIpc) is 3.11. The highest BCUT2D eigenvalue weighted by Gasteiger charge is 2.45. The largest absolute Gasteiger partial charge is 0.349 e. The van der Waals surface area contributed by atoms with Gasteiger partial charge < -0.3 is 15.0 Å². The molecule has 2 aliphatic rings. The van der Waals surface area contributed by atoms with E-state index in [0.717, 1.165) is 16.9 Å². The third-order valence-electron chi connectivity index (χ3n) is 6.28. The van der Waals surface area contributed by atoms with Gasteiger partial charge in [0.25, 0.3) is 11.8 Å². The number of amides is 4. The van der Waals surface area contributed by atoms with E-state index in [1.54, 1.807) is 26.0 Å². The summed E-state index contributed by atoms with van der Waals surface area (Å²) >= 11 is 5.72. The SMILES string of the molecule is BC1CC(=O)N(B)C(=O)C1N1Cc2cc(CNC(=O)C(F)(F)c3ccc(Cl)cc3)ccc2C1=O. The highest BCUT2D eigenvalue weighted by Crippen LogP contribution is 2.33. The molecule has 0 aliphatic carbocycles. The Balaban J connectivity index is 1.46. The highest BCUT2D eigenvalue weighted by atomic mass is 35.5. The Hall–Kier alpha value is -3.20. The van der Waals surface area contributed by atoms with Crippen LogP contribution in [0.3, 0.4) is 0 Å². The van der Waals surface area contributed by atoms with Crippen LogP contribution < -0.4 is 5.32 Å². The van der Waals surface area contributed by atoms with Gasteiger partial charge in [0, 0.05) is 35.7 Å². The van der Waals surface area contributed by atoms with Crippen molar-refractivity contribution in [3.8, 4) is 0 Å². The van der Waals surface area contributed by atoms with Crippen LogP contribution in [0.15, 0.2) is 42.5 Å². The number of benzene rings is 2. The maximum Gasteiger partial charge on any atom is 0.349 e. The van der Waals surface area contributed by atoms with Gasteiger partial charge in [-0.1, -0.05) is 35.9 Å². The van der Waals surface area contributed by atoms with Crippen molar-refractivity contribution in [2.45, 2.75) is 37.3 Å². The van der Waals surface area contributed by atoms with Gasteiger partial charge in [0.1, 0.15) is 13.9 Å². The van der Waals surface area contributed by atoms with E-state index in [4.69, 9.17) is 11.6 Å². The third kappa shape index (κ3) is 4.20. The van der Waals surface area contributed by atoms with Crippen LogP contribution in [0.2, 0.25) is 10.8 Å². The van der Waals surface area contributed by atoms with Crippen LogP contribution in [-0.2, 0) is 33.4 Å². The zero-order valence-corrected chi connectivity index (χ0v) is 19.2. The molecular weight excluding hydrogens is 465 g/mol. The Labute approximate surface area is 201 Å². The Morgan fingerprint density at radius 2 is 1.82 bits per heavy atom. The zero-order valence-electron chi connectivity index (χ0n) is 18.5. The Morgan fingerprint density at radius 1 is 1.15 bits per heavy atom. The molecule has 0 bridgehead atoms. The van der Waals surface area contributed by atoms with Crippen LogP contribution in [0.25, 0.3) is 0 Å². The maximum absolute atomic E-state index is 14.5. The van der Waals surface area contributed by atoms with Crippen molar-refractivity contribution >= 4 is 51.1 Å². The summed E-state index contributed by atoms with van der Waals surface area (Å²) in [6.45, 7) is -0.0147. The van der Waals surface area contributed by atoms with E-state index in [9.17, 15) is 28.0 Å². The summed E-state index contributed by atoms with van der Waals surface area (Å²) in [6, 6.07) is 8.78. The standard InChI is InChI=1S/C22H20B2ClF2N3O4/c23-16-8-17(31)30(24)20(33)18(16)29-10-12-7-11(1-6-15(12)19(29)32)9-28-21(34)22(26,27)13-2-4-14(25)5-3-13/h1-7,16,18H,8-10,23-24H2,(H,28,34). The van der Waals surface area contributed by atoms with Crippen LogP contribution in [0.5, 0.6) is 0 Å². The van der Waals surface area contributed by atoms with E-state index in [-0.39, 0.29) is 42.2 Å². The molecule has 1 fully saturated rings. The molecule has 2 atom stereocenters. The van der Waals surface area contributed by atoms with E-state index in [1.807, 2.05) is 0 Å². The van der Waals surface area contributed by atoms with Gasteiger partial charge in [0.05, 0.1) is 0 Å². The quantitative estimate of drug-likeness (QED) is 0.502. The molecule has 2 aromatic rings. The predicted octanol–water partition coefficient (Wildman–Crippen LogP) is 0.801. The molecule has 2 aromatic carbocycles. The number of nitrogens with zero attached hydrogens (tertiary/aromatic N) is 2. The summed E-state index contributed by atoms with van der Waals surface area (Å²) in [5, 5.41) is 2.52. The fraction of sp³-hybridized carbons (Fsp3) is 0.273. The van der Waals surface area contributed by atoms with E-state index in [1.165, 1.54) is 25.0 Å². The summed E-state index contributed by atoms with van der Waals surface area (Å²) in [6.07, 6.45) is 0.159. The second kappa shape index (κ2) is 8.87. The summed E-state index contributed by atoms with van der Waals surface area (Å²) < 4.78 is 29.0. The minimum Gasteiger partial charge on any atom is -0.346 e. The molecular formula is C22H20B2ClF2N3O4. The molecule has 0 spiro atoms. The lowest BCUT2D eigenvalue weighted by Crippen LogP contribution is -2.56. The molecule has 4 amide bonds. The molecule has 0 aromatic heterocycles. The number of imide groups is 1. The summed E-state index contributed by atoms with van der Waals surface area (Å²) in [4.78, 5) is 52.2. The second-order valence-electron chi connectivity index (χ2n) is 8.61. The first-order valence-electron chi connectivity index (χ1n) is 10.7. The third-order valence-corrected chi connectivity index (χ3v) is 6.53. The molecule has 0 saturated carbocycles. The van der Waals surface area contributed by atoms with E-state index in [2.05, 4.69) is 5.32 Å². The number of fused-ring (bicyclic) bond motifs is 1. The van der Waals surface area contributed by atoms with Crippen molar-refractivity contribution in [2.75, 3.05) is 0 Å². The fourth-order valence-electron chi connectivity index (χ4n) is 4.34. The highest BCUT2D eigenvalue weighted by molar-refractivity contribution is 6.31. The molecule has 2 aliphatic heterocycles. The zero-order chi connectivity index (χ0) is 24.8. The van der Waals surface area contributed by atoms with Gasteiger partial charge in [-0.25, -0.2) is 0 Å². The summed E-state index contributed by atoms with van der Waals surface area (Å²) in [5.41, 5.74) is 1.09. The molecule has 1 N–H and O–H groups in total.